The molecule has 13 heavy (non-hydrogen) atoms. The summed E-state index contributed by atoms with van der Waals surface area (Å²) in [6.45, 7) is 2.95. The van der Waals surface area contributed by atoms with Gasteiger partial charge < -0.3 is 10.4 Å². The van der Waals surface area contributed by atoms with Gasteiger partial charge in [0.25, 0.3) is 0 Å². The van der Waals surface area contributed by atoms with Gasteiger partial charge in [-0.15, -0.1) is 0 Å². The Bertz CT molecular complexity index is 265. The van der Waals surface area contributed by atoms with Gasteiger partial charge in [0.2, 0.25) is 0 Å². The molecular weight excluding hydrogens is 186 g/mol. The molecule has 2 nitrogen and oxygen atoms in total. The predicted octanol–water partition coefficient (Wildman–Crippen LogP) is 2.38. The molecule has 0 bridgehead atoms. The van der Waals surface area contributed by atoms with Crippen molar-refractivity contribution in [2.75, 3.05) is 18.5 Å². The maximum Gasteiger partial charge on any atom is 0.0473 e. The molecule has 2 N–H and O–H groups in total. The Morgan fingerprint density at radius 2 is 2.31 bits per heavy atom. The number of aliphatic hydroxyl groups excluding tert-OH is 1. The molecule has 1 unspecified atom stereocenters. The molecule has 0 saturated heterocycles. The van der Waals surface area contributed by atoms with E-state index in [1.165, 1.54) is 0 Å². The average molecular weight is 200 g/mol. The molecule has 1 aromatic rings. The van der Waals surface area contributed by atoms with Crippen molar-refractivity contribution in [1.29, 1.82) is 0 Å². The van der Waals surface area contributed by atoms with Crippen LogP contribution in [0.3, 0.4) is 0 Å². The third-order valence-corrected chi connectivity index (χ3v) is 2.03. The lowest BCUT2D eigenvalue weighted by molar-refractivity contribution is 0.244. The number of benzene rings is 1. The van der Waals surface area contributed by atoms with Crippen LogP contribution in [-0.4, -0.2) is 18.3 Å². The first-order valence-electron chi connectivity index (χ1n) is 4.32. The van der Waals surface area contributed by atoms with Crippen LogP contribution >= 0.6 is 11.6 Å². The van der Waals surface area contributed by atoms with E-state index in [4.69, 9.17) is 16.7 Å². The van der Waals surface area contributed by atoms with Gasteiger partial charge in [-0.1, -0.05) is 24.6 Å². The SMILES string of the molecule is CC(CO)CNc1cccc(Cl)c1. The molecule has 0 fully saturated rings. The van der Waals surface area contributed by atoms with Crippen LogP contribution in [0.15, 0.2) is 24.3 Å². The van der Waals surface area contributed by atoms with E-state index >= 15 is 0 Å². The topological polar surface area (TPSA) is 32.3 Å². The van der Waals surface area contributed by atoms with Gasteiger partial charge in [0, 0.05) is 23.9 Å². The molecule has 72 valence electrons. The van der Waals surface area contributed by atoms with Gasteiger partial charge in [-0.05, 0) is 24.1 Å². The van der Waals surface area contributed by atoms with Gasteiger partial charge in [0.15, 0.2) is 0 Å². The van der Waals surface area contributed by atoms with Crippen molar-refractivity contribution in [3.05, 3.63) is 29.3 Å². The number of nitrogens with one attached hydrogen (secondary N) is 1. The molecule has 1 aromatic carbocycles. The molecule has 0 aliphatic heterocycles. The van der Waals surface area contributed by atoms with Gasteiger partial charge in [-0.25, -0.2) is 0 Å². The van der Waals surface area contributed by atoms with E-state index < -0.39 is 0 Å². The van der Waals surface area contributed by atoms with Crippen LogP contribution in [0.2, 0.25) is 5.02 Å². The van der Waals surface area contributed by atoms with Crippen LogP contribution in [0.1, 0.15) is 6.92 Å². The third-order valence-electron chi connectivity index (χ3n) is 1.79. The minimum atomic E-state index is 0.202. The molecular formula is C10H14ClNO. The fourth-order valence-electron chi connectivity index (χ4n) is 0.955. The van der Waals surface area contributed by atoms with Crippen LogP contribution in [0, 0.1) is 5.92 Å². The van der Waals surface area contributed by atoms with Gasteiger partial charge in [0.1, 0.15) is 0 Å². The molecule has 0 aliphatic rings. The molecule has 0 aromatic heterocycles. The molecule has 1 atom stereocenters. The normalized spacial score (nSPS) is 12.5. The molecule has 0 spiro atoms. The Labute approximate surface area is 83.5 Å². The van der Waals surface area contributed by atoms with Crippen molar-refractivity contribution >= 4 is 17.3 Å². The van der Waals surface area contributed by atoms with E-state index in [9.17, 15) is 0 Å². The van der Waals surface area contributed by atoms with Gasteiger partial charge in [-0.2, -0.15) is 0 Å². The third kappa shape index (κ3) is 3.66. The zero-order chi connectivity index (χ0) is 9.68. The Morgan fingerprint density at radius 1 is 1.54 bits per heavy atom. The quantitative estimate of drug-likeness (QED) is 0.781. The first kappa shape index (κ1) is 10.4. The lowest BCUT2D eigenvalue weighted by Crippen LogP contribution is -2.14. The first-order valence-corrected chi connectivity index (χ1v) is 4.70. The van der Waals surface area contributed by atoms with E-state index in [-0.39, 0.29) is 12.5 Å². The maximum absolute atomic E-state index is 8.80. The zero-order valence-corrected chi connectivity index (χ0v) is 8.38. The minimum Gasteiger partial charge on any atom is -0.396 e. The minimum absolute atomic E-state index is 0.202. The van der Waals surface area contributed by atoms with E-state index in [1.54, 1.807) is 0 Å². The van der Waals surface area contributed by atoms with Crippen molar-refractivity contribution in [3.8, 4) is 0 Å². The number of anilines is 1. The highest BCUT2D eigenvalue weighted by Gasteiger charge is 1.99. The molecule has 0 saturated carbocycles. The van der Waals surface area contributed by atoms with Crippen LogP contribution in [-0.2, 0) is 0 Å². The van der Waals surface area contributed by atoms with Crippen LogP contribution in [0.25, 0.3) is 0 Å². The summed E-state index contributed by atoms with van der Waals surface area (Å²) in [4.78, 5) is 0. The van der Waals surface area contributed by atoms with Crippen LogP contribution in [0.5, 0.6) is 0 Å². The van der Waals surface area contributed by atoms with Crippen molar-refractivity contribution < 1.29 is 5.11 Å². The first-order chi connectivity index (χ1) is 6.22. The summed E-state index contributed by atoms with van der Waals surface area (Å²) in [5, 5.41) is 12.7. The van der Waals surface area contributed by atoms with Crippen LogP contribution in [0.4, 0.5) is 5.69 Å². The summed E-state index contributed by atoms with van der Waals surface area (Å²) in [5.41, 5.74) is 0.993. The Morgan fingerprint density at radius 3 is 2.92 bits per heavy atom. The second kappa shape index (κ2) is 5.10. The number of rotatable bonds is 4. The summed E-state index contributed by atoms with van der Waals surface area (Å²) in [5.74, 6) is 0.263. The summed E-state index contributed by atoms with van der Waals surface area (Å²) in [6.07, 6.45) is 0. The van der Waals surface area contributed by atoms with Crippen molar-refractivity contribution in [3.63, 3.8) is 0 Å². The number of halogens is 1. The standard InChI is InChI=1S/C10H14ClNO/c1-8(7-13)6-12-10-4-2-3-9(11)5-10/h2-5,8,12-13H,6-7H2,1H3. The smallest absolute Gasteiger partial charge is 0.0473 e. The highest BCUT2D eigenvalue weighted by atomic mass is 35.5. The van der Waals surface area contributed by atoms with E-state index in [0.717, 1.165) is 17.3 Å². The molecule has 0 aliphatic carbocycles. The van der Waals surface area contributed by atoms with Gasteiger partial charge >= 0.3 is 0 Å². The van der Waals surface area contributed by atoms with Crippen molar-refractivity contribution in [1.82, 2.24) is 0 Å². The van der Waals surface area contributed by atoms with Gasteiger partial charge in [-0.3, -0.25) is 0 Å². The summed E-state index contributed by atoms with van der Waals surface area (Å²) in [6, 6.07) is 7.55. The van der Waals surface area contributed by atoms with Crippen molar-refractivity contribution in [2.45, 2.75) is 6.92 Å². The maximum atomic E-state index is 8.80. The Kier molecular flexibility index (Phi) is 4.06. The lowest BCUT2D eigenvalue weighted by atomic mass is 10.2. The van der Waals surface area contributed by atoms with E-state index in [1.807, 2.05) is 31.2 Å². The number of hydrogen-bond donors (Lipinski definition) is 2. The van der Waals surface area contributed by atoms with Gasteiger partial charge in [0.05, 0.1) is 0 Å². The average Bonchev–Trinajstić information content (AvgIpc) is 2.14. The van der Waals surface area contributed by atoms with Crippen LogP contribution < -0.4 is 5.32 Å². The molecule has 0 heterocycles. The second-order valence-corrected chi connectivity index (χ2v) is 3.62. The lowest BCUT2D eigenvalue weighted by Gasteiger charge is -2.10. The molecule has 1 rings (SSSR count). The molecule has 0 amide bonds. The molecule has 3 heteroatoms. The Balaban J connectivity index is 2.45. The zero-order valence-electron chi connectivity index (χ0n) is 7.63. The Hall–Kier alpha value is -0.730. The fourth-order valence-corrected chi connectivity index (χ4v) is 1.15. The monoisotopic (exact) mass is 199 g/mol. The fraction of sp³-hybridized carbons (Fsp3) is 0.400. The molecule has 0 radical (unpaired) electrons. The van der Waals surface area contributed by atoms with E-state index in [2.05, 4.69) is 5.32 Å². The number of hydrogen-bond acceptors (Lipinski definition) is 2. The van der Waals surface area contributed by atoms with Crippen molar-refractivity contribution in [2.24, 2.45) is 5.92 Å². The summed E-state index contributed by atoms with van der Waals surface area (Å²) in [7, 11) is 0. The summed E-state index contributed by atoms with van der Waals surface area (Å²) >= 11 is 5.80. The highest BCUT2D eigenvalue weighted by Crippen LogP contribution is 2.14. The second-order valence-electron chi connectivity index (χ2n) is 3.18. The summed E-state index contributed by atoms with van der Waals surface area (Å²) < 4.78 is 0. The largest absolute Gasteiger partial charge is 0.396 e. The highest BCUT2D eigenvalue weighted by molar-refractivity contribution is 6.30. The number of aliphatic hydroxyl groups is 1. The predicted molar refractivity (Wildman–Crippen MR) is 56.2 cm³/mol. The van der Waals surface area contributed by atoms with E-state index in [0.29, 0.717) is 0 Å².